The van der Waals surface area contributed by atoms with Crippen LogP contribution in [0.2, 0.25) is 0 Å². The number of phenolic OH excluding ortho intramolecular Hbond substituents is 1. The molecule has 3 rings (SSSR count). The van der Waals surface area contributed by atoms with E-state index in [4.69, 9.17) is 4.74 Å². The molecule has 0 saturated heterocycles. The Morgan fingerprint density at radius 2 is 1.95 bits per heavy atom. The molecular weight excluding hydrogens is 252 g/mol. The maximum absolute atomic E-state index is 10.9. The van der Waals surface area contributed by atoms with Crippen LogP contribution in [0.15, 0.2) is 5.57 Å². The van der Waals surface area contributed by atoms with Crippen LogP contribution in [0, 0.1) is 20.8 Å². The van der Waals surface area contributed by atoms with E-state index in [0.717, 1.165) is 59.1 Å². The zero-order valence-corrected chi connectivity index (χ0v) is 12.2. The van der Waals surface area contributed by atoms with Gasteiger partial charge in [-0.3, -0.25) is 0 Å². The highest BCUT2D eigenvalue weighted by atomic mass is 16.5. The Morgan fingerprint density at radius 1 is 1.25 bits per heavy atom. The first-order valence-electron chi connectivity index (χ1n) is 7.16. The van der Waals surface area contributed by atoms with Gasteiger partial charge in [-0.15, -0.1) is 0 Å². The molecule has 1 aliphatic carbocycles. The van der Waals surface area contributed by atoms with Crippen LogP contribution in [0.4, 0.5) is 0 Å². The summed E-state index contributed by atoms with van der Waals surface area (Å²) in [5.41, 5.74) is 4.42. The third-order valence-electron chi connectivity index (χ3n) is 4.93. The van der Waals surface area contributed by atoms with Crippen LogP contribution < -0.4 is 4.74 Å². The summed E-state index contributed by atoms with van der Waals surface area (Å²) in [6.45, 7) is 5.80. The number of phenols is 1. The maximum Gasteiger partial charge on any atom is 0.131 e. The van der Waals surface area contributed by atoms with E-state index in [0.29, 0.717) is 12.2 Å². The molecule has 1 aromatic rings. The average molecular weight is 272 g/mol. The van der Waals surface area contributed by atoms with E-state index >= 15 is 0 Å². The van der Waals surface area contributed by atoms with E-state index in [-0.39, 0.29) is 5.60 Å². The molecule has 0 aromatic heterocycles. The number of benzene rings is 1. The number of fused-ring (bicyclic) bond motifs is 1. The molecule has 2 aliphatic rings. The van der Waals surface area contributed by atoms with E-state index < -0.39 is 0 Å². The van der Waals surface area contributed by atoms with E-state index in [9.17, 15) is 9.90 Å². The number of carbonyl (C=O) groups excluding carboxylic acids is 1. The smallest absolute Gasteiger partial charge is 0.131 e. The Bertz CT molecular complexity index is 622. The van der Waals surface area contributed by atoms with Gasteiger partial charge in [-0.25, -0.2) is 0 Å². The van der Waals surface area contributed by atoms with Crippen molar-refractivity contribution in [3.63, 3.8) is 0 Å². The average Bonchev–Trinajstić information content (AvgIpc) is 2.41. The van der Waals surface area contributed by atoms with Crippen molar-refractivity contribution in [2.24, 2.45) is 0 Å². The first kappa shape index (κ1) is 13.2. The highest BCUT2D eigenvalue weighted by Gasteiger charge is 2.45. The minimum absolute atomic E-state index is 0.269. The summed E-state index contributed by atoms with van der Waals surface area (Å²) in [5.74, 6) is 1.21. The third kappa shape index (κ3) is 1.62. The fraction of sp³-hybridized carbons (Fsp3) is 0.471. The van der Waals surface area contributed by atoms with Crippen molar-refractivity contribution in [1.29, 1.82) is 0 Å². The minimum Gasteiger partial charge on any atom is -0.507 e. The summed E-state index contributed by atoms with van der Waals surface area (Å²) in [7, 11) is 0. The molecule has 3 nitrogen and oxygen atoms in total. The van der Waals surface area contributed by atoms with Crippen LogP contribution in [0.1, 0.15) is 47.9 Å². The Labute approximate surface area is 119 Å². The van der Waals surface area contributed by atoms with Crippen molar-refractivity contribution in [1.82, 2.24) is 0 Å². The minimum atomic E-state index is -0.269. The Kier molecular flexibility index (Phi) is 2.89. The molecule has 1 saturated carbocycles. The van der Waals surface area contributed by atoms with Crippen molar-refractivity contribution in [3.8, 4) is 11.5 Å². The molecule has 1 N–H and O–H groups in total. The monoisotopic (exact) mass is 272 g/mol. The molecule has 1 spiro atoms. The number of carbonyl (C=O) groups is 1. The summed E-state index contributed by atoms with van der Waals surface area (Å²) in [4.78, 5) is 10.9. The predicted octanol–water partition coefficient (Wildman–Crippen LogP) is 3.60. The Hall–Kier alpha value is -1.77. The quantitative estimate of drug-likeness (QED) is 0.837. The highest BCUT2D eigenvalue weighted by molar-refractivity contribution is 5.75. The lowest BCUT2D eigenvalue weighted by atomic mass is 9.71. The van der Waals surface area contributed by atoms with Gasteiger partial charge < -0.3 is 14.6 Å². The lowest BCUT2D eigenvalue weighted by Gasteiger charge is -2.46. The van der Waals surface area contributed by atoms with Gasteiger partial charge >= 0.3 is 0 Å². The van der Waals surface area contributed by atoms with Gasteiger partial charge in [0, 0.05) is 17.5 Å². The fourth-order valence-electron chi connectivity index (χ4n) is 3.26. The van der Waals surface area contributed by atoms with Crippen molar-refractivity contribution < 1.29 is 14.6 Å². The molecule has 0 bridgehead atoms. The van der Waals surface area contributed by atoms with Crippen molar-refractivity contribution in [2.45, 2.75) is 52.1 Å². The van der Waals surface area contributed by atoms with E-state index in [2.05, 4.69) is 6.08 Å². The summed E-state index contributed by atoms with van der Waals surface area (Å²) in [6, 6.07) is 0. The van der Waals surface area contributed by atoms with Crippen LogP contribution in [0.5, 0.6) is 11.5 Å². The van der Waals surface area contributed by atoms with Gasteiger partial charge in [0.25, 0.3) is 0 Å². The molecular formula is C17H20O3. The van der Waals surface area contributed by atoms with Gasteiger partial charge in [0.2, 0.25) is 0 Å². The van der Waals surface area contributed by atoms with Crippen LogP contribution >= 0.6 is 0 Å². The number of rotatable bonds is 2. The van der Waals surface area contributed by atoms with Gasteiger partial charge in [-0.2, -0.15) is 0 Å². The second kappa shape index (κ2) is 4.37. The topological polar surface area (TPSA) is 46.5 Å². The number of aromatic hydroxyl groups is 1. The second-order valence-electron chi connectivity index (χ2n) is 5.96. The first-order valence-corrected chi connectivity index (χ1v) is 7.16. The predicted molar refractivity (Wildman–Crippen MR) is 78.2 cm³/mol. The summed E-state index contributed by atoms with van der Waals surface area (Å²) in [5, 5.41) is 10.2. The highest BCUT2D eigenvalue weighted by Crippen LogP contribution is 2.51. The van der Waals surface area contributed by atoms with Crippen LogP contribution in [-0.2, 0) is 4.79 Å². The molecule has 3 heteroatoms. The zero-order valence-electron chi connectivity index (χ0n) is 12.2. The fourth-order valence-corrected chi connectivity index (χ4v) is 3.26. The standard InChI is InChI=1S/C17H20O3/c1-10-11(2)16-14(12(3)15(10)19)9-13(5-8-18)17(20-16)6-4-7-17/h8-9,19H,4-7H2,1-3H3. The summed E-state index contributed by atoms with van der Waals surface area (Å²) in [6.07, 6.45) is 6.51. The number of aldehydes is 1. The van der Waals surface area contributed by atoms with E-state index in [1.54, 1.807) is 0 Å². The van der Waals surface area contributed by atoms with Crippen molar-refractivity contribution in [3.05, 3.63) is 27.8 Å². The van der Waals surface area contributed by atoms with Gasteiger partial charge in [0.05, 0.1) is 0 Å². The molecule has 20 heavy (non-hydrogen) atoms. The van der Waals surface area contributed by atoms with Crippen LogP contribution in [0.3, 0.4) is 0 Å². The SMILES string of the molecule is Cc1c(C)c2c(c(C)c1O)C=C(CC=O)C1(CCC1)O2. The molecule has 1 aliphatic heterocycles. The zero-order chi connectivity index (χ0) is 14.5. The molecule has 1 aromatic carbocycles. The number of ether oxygens (including phenoxy) is 1. The molecule has 1 heterocycles. The molecule has 106 valence electrons. The van der Waals surface area contributed by atoms with Gasteiger partial charge in [0.15, 0.2) is 0 Å². The van der Waals surface area contributed by atoms with Crippen LogP contribution in [0.25, 0.3) is 6.08 Å². The Morgan fingerprint density at radius 3 is 2.50 bits per heavy atom. The van der Waals surface area contributed by atoms with Crippen molar-refractivity contribution in [2.75, 3.05) is 0 Å². The van der Waals surface area contributed by atoms with Crippen LogP contribution in [-0.4, -0.2) is 17.0 Å². The molecule has 0 atom stereocenters. The maximum atomic E-state index is 10.9. The molecule has 1 fully saturated rings. The largest absolute Gasteiger partial charge is 0.507 e. The second-order valence-corrected chi connectivity index (χ2v) is 5.96. The number of hydrogen-bond acceptors (Lipinski definition) is 3. The van der Waals surface area contributed by atoms with Gasteiger partial charge in [-0.05, 0) is 62.8 Å². The van der Waals surface area contributed by atoms with E-state index in [1.165, 1.54) is 0 Å². The summed E-state index contributed by atoms with van der Waals surface area (Å²) < 4.78 is 6.33. The number of hydrogen-bond donors (Lipinski definition) is 1. The first-order chi connectivity index (χ1) is 9.50. The molecule has 0 amide bonds. The lowest BCUT2D eigenvalue weighted by molar-refractivity contribution is -0.107. The van der Waals surface area contributed by atoms with Gasteiger partial charge in [-0.1, -0.05) is 0 Å². The lowest BCUT2D eigenvalue weighted by Crippen LogP contribution is -2.46. The molecule has 0 unspecified atom stereocenters. The normalized spacial score (nSPS) is 18.9. The Balaban J connectivity index is 2.22. The van der Waals surface area contributed by atoms with E-state index in [1.807, 2.05) is 20.8 Å². The van der Waals surface area contributed by atoms with Crippen molar-refractivity contribution >= 4 is 12.4 Å². The summed E-state index contributed by atoms with van der Waals surface area (Å²) >= 11 is 0. The third-order valence-corrected chi connectivity index (χ3v) is 4.93. The van der Waals surface area contributed by atoms with Gasteiger partial charge in [0.1, 0.15) is 23.4 Å². The molecule has 0 radical (unpaired) electrons.